The van der Waals surface area contributed by atoms with Gasteiger partial charge in [0.05, 0.1) is 25.7 Å². The summed E-state index contributed by atoms with van der Waals surface area (Å²) in [5.41, 5.74) is 0.835. The Hall–Kier alpha value is -3.30. The lowest BCUT2D eigenvalue weighted by Gasteiger charge is -2.36. The molecule has 14 heteroatoms. The summed E-state index contributed by atoms with van der Waals surface area (Å²) in [6.07, 6.45) is -0.489. The van der Waals surface area contributed by atoms with Crippen molar-refractivity contribution in [2.24, 2.45) is 0 Å². The van der Waals surface area contributed by atoms with Gasteiger partial charge < -0.3 is 35.6 Å². The van der Waals surface area contributed by atoms with Crippen LogP contribution in [-0.2, 0) is 25.6 Å². The van der Waals surface area contributed by atoms with Crippen LogP contribution in [0.2, 0.25) is 0 Å². The third-order valence-corrected chi connectivity index (χ3v) is 6.49. The highest BCUT2D eigenvalue weighted by atomic mass is 16.5. The molecule has 2 unspecified atom stereocenters. The zero-order valence-corrected chi connectivity index (χ0v) is 22.5. The average Bonchev–Trinajstić information content (AvgIpc) is 2.86. The maximum absolute atomic E-state index is 11.6. The maximum atomic E-state index is 11.6. The van der Waals surface area contributed by atoms with Crippen LogP contribution in [0.5, 0.6) is 5.75 Å². The molecule has 14 nitrogen and oxygen atoms in total. The number of aryl methyl sites for hydroxylation is 1. The molecule has 1 aromatic rings. The molecule has 6 N–H and O–H groups in total. The summed E-state index contributed by atoms with van der Waals surface area (Å²) in [5, 5.41) is 51.1. The summed E-state index contributed by atoms with van der Waals surface area (Å²) in [6, 6.07) is 6.33. The molecule has 1 heterocycles. The second-order valence-electron chi connectivity index (χ2n) is 9.80. The fourth-order valence-corrected chi connectivity index (χ4v) is 4.53. The smallest absolute Gasteiger partial charge is 0.317 e. The second kappa shape index (κ2) is 17.4. The Labute approximate surface area is 232 Å². The maximum Gasteiger partial charge on any atom is 0.317 e. The van der Waals surface area contributed by atoms with Gasteiger partial charge in [0.1, 0.15) is 12.4 Å². The van der Waals surface area contributed by atoms with Gasteiger partial charge in [-0.3, -0.25) is 33.9 Å². The molecule has 1 saturated heterocycles. The van der Waals surface area contributed by atoms with Crippen LogP contribution in [0.15, 0.2) is 24.3 Å². The lowest BCUT2D eigenvalue weighted by molar-refractivity contribution is -0.141. The Morgan fingerprint density at radius 2 is 1.43 bits per heavy atom. The van der Waals surface area contributed by atoms with Crippen LogP contribution in [-0.4, -0.2) is 148 Å². The topological polar surface area (TPSA) is 200 Å². The van der Waals surface area contributed by atoms with Crippen molar-refractivity contribution >= 4 is 23.9 Å². The van der Waals surface area contributed by atoms with Crippen LogP contribution >= 0.6 is 0 Å². The Kier molecular flexibility index (Phi) is 14.3. The van der Waals surface area contributed by atoms with Crippen molar-refractivity contribution in [2.45, 2.75) is 31.4 Å². The van der Waals surface area contributed by atoms with Gasteiger partial charge in [-0.05, 0) is 30.5 Å². The highest BCUT2D eigenvalue weighted by Crippen LogP contribution is 2.16. The van der Waals surface area contributed by atoms with E-state index in [9.17, 15) is 39.6 Å². The van der Waals surface area contributed by atoms with E-state index in [2.05, 4.69) is 5.32 Å². The zero-order valence-electron chi connectivity index (χ0n) is 22.5. The number of hydrogen-bond acceptors (Lipinski definition) is 10. The molecule has 0 radical (unpaired) electrons. The fraction of sp³-hybridized carbons (Fsp3) is 0.615. The minimum atomic E-state index is -1.07. The minimum Gasteiger partial charge on any atom is -0.491 e. The summed E-state index contributed by atoms with van der Waals surface area (Å²) in [5.74, 6) is -3.52. The molecule has 224 valence electrons. The third kappa shape index (κ3) is 13.7. The van der Waals surface area contributed by atoms with E-state index < -0.39 is 36.0 Å². The van der Waals surface area contributed by atoms with Crippen LogP contribution in [0.25, 0.3) is 0 Å². The number of benzene rings is 1. The Bertz CT molecular complexity index is 961. The van der Waals surface area contributed by atoms with Crippen molar-refractivity contribution in [1.82, 2.24) is 20.0 Å². The highest BCUT2D eigenvalue weighted by molar-refractivity contribution is 5.70. The van der Waals surface area contributed by atoms with Crippen LogP contribution in [0.3, 0.4) is 0 Å². The molecule has 0 spiro atoms. The quantitative estimate of drug-likeness (QED) is 0.159. The lowest BCUT2D eigenvalue weighted by atomic mass is 10.1. The van der Waals surface area contributed by atoms with Crippen molar-refractivity contribution in [2.75, 3.05) is 72.1 Å². The molecule has 2 atom stereocenters. The van der Waals surface area contributed by atoms with E-state index in [0.717, 1.165) is 5.56 Å². The van der Waals surface area contributed by atoms with Gasteiger partial charge in [0.25, 0.3) is 0 Å². The van der Waals surface area contributed by atoms with E-state index in [1.165, 1.54) is 0 Å². The number of rotatable bonds is 14. The first kappa shape index (κ1) is 32.9. The van der Waals surface area contributed by atoms with Gasteiger partial charge in [-0.15, -0.1) is 0 Å². The van der Waals surface area contributed by atoms with Gasteiger partial charge in [0.2, 0.25) is 0 Å². The van der Waals surface area contributed by atoms with Crippen LogP contribution in [0, 0.1) is 0 Å². The minimum absolute atomic E-state index is 0.0131. The predicted octanol–water partition coefficient (Wildman–Crippen LogP) is -1.03. The number of carboxylic acids is 4. The second-order valence-corrected chi connectivity index (χ2v) is 9.80. The van der Waals surface area contributed by atoms with Gasteiger partial charge in [-0.1, -0.05) is 12.1 Å². The molecule has 40 heavy (non-hydrogen) atoms. The number of carboxylic acid groups (broad SMARTS) is 4. The fourth-order valence-electron chi connectivity index (χ4n) is 4.53. The van der Waals surface area contributed by atoms with Gasteiger partial charge in [0, 0.05) is 58.3 Å². The molecule has 1 aromatic carbocycles. The first-order valence-electron chi connectivity index (χ1n) is 13.2. The summed E-state index contributed by atoms with van der Waals surface area (Å²) < 4.78 is 5.70. The number of nitrogens with one attached hydrogen (secondary N) is 1. The number of hydrogen-bond donors (Lipinski definition) is 6. The molecule has 0 amide bonds. The van der Waals surface area contributed by atoms with Crippen molar-refractivity contribution in [3.63, 3.8) is 0 Å². The molecule has 1 aliphatic rings. The van der Waals surface area contributed by atoms with E-state index in [-0.39, 0.29) is 52.2 Å². The molecule has 2 rings (SSSR count). The third-order valence-electron chi connectivity index (χ3n) is 6.49. The summed E-state index contributed by atoms with van der Waals surface area (Å²) in [4.78, 5) is 50.3. The van der Waals surface area contributed by atoms with E-state index in [4.69, 9.17) is 9.84 Å². The largest absolute Gasteiger partial charge is 0.491 e. The Balaban J connectivity index is 2.11. The lowest BCUT2D eigenvalue weighted by Crippen LogP contribution is -2.53. The first-order valence-corrected chi connectivity index (χ1v) is 13.2. The molecule has 1 aliphatic heterocycles. The molecular formula is C26H40N4O10. The summed E-state index contributed by atoms with van der Waals surface area (Å²) in [7, 11) is 0. The standard InChI is InChI=1S/C26H40N4O10/c31-21(18-40-22-4-1-19(2-5-22)3-6-23(32)33)13-20-14-29(16-25(36)37)12-11-28(15-24(34)35)9-7-27-8-10-30(20)17-26(38)39/h1-2,4-5,20-21,27,31H,3,6-18H2,(H,32,33)(H,34,35)(H,36,37)(H,38,39). The van der Waals surface area contributed by atoms with E-state index in [1.54, 1.807) is 39.0 Å². The van der Waals surface area contributed by atoms with E-state index in [1.807, 2.05) is 0 Å². The summed E-state index contributed by atoms with van der Waals surface area (Å²) in [6.45, 7) is 1.46. The molecule has 0 aliphatic carbocycles. The van der Waals surface area contributed by atoms with E-state index in [0.29, 0.717) is 44.9 Å². The Morgan fingerprint density at radius 3 is 2.05 bits per heavy atom. The molecule has 0 saturated carbocycles. The number of carbonyl (C=O) groups is 4. The van der Waals surface area contributed by atoms with Gasteiger partial charge in [0.15, 0.2) is 0 Å². The molecule has 0 bridgehead atoms. The van der Waals surface area contributed by atoms with Gasteiger partial charge in [-0.2, -0.15) is 0 Å². The number of aliphatic hydroxyl groups excluding tert-OH is 1. The van der Waals surface area contributed by atoms with Crippen molar-refractivity contribution in [3.8, 4) is 5.75 Å². The highest BCUT2D eigenvalue weighted by Gasteiger charge is 2.27. The van der Waals surface area contributed by atoms with Crippen LogP contribution in [0.1, 0.15) is 18.4 Å². The zero-order chi connectivity index (χ0) is 29.5. The van der Waals surface area contributed by atoms with Gasteiger partial charge in [-0.25, -0.2) is 0 Å². The van der Waals surface area contributed by atoms with Crippen molar-refractivity contribution in [1.29, 1.82) is 0 Å². The van der Waals surface area contributed by atoms with Crippen molar-refractivity contribution < 1.29 is 49.4 Å². The molecular weight excluding hydrogens is 528 g/mol. The van der Waals surface area contributed by atoms with E-state index >= 15 is 0 Å². The number of nitrogens with zero attached hydrogens (tertiary/aromatic N) is 3. The van der Waals surface area contributed by atoms with Crippen molar-refractivity contribution in [3.05, 3.63) is 29.8 Å². The predicted molar refractivity (Wildman–Crippen MR) is 143 cm³/mol. The summed E-state index contributed by atoms with van der Waals surface area (Å²) >= 11 is 0. The monoisotopic (exact) mass is 568 g/mol. The molecule has 0 aromatic heterocycles. The van der Waals surface area contributed by atoms with Crippen LogP contribution in [0.4, 0.5) is 0 Å². The number of ether oxygens (including phenoxy) is 1. The number of aliphatic carboxylic acids is 4. The number of aliphatic hydroxyl groups is 1. The first-order chi connectivity index (χ1) is 19.0. The normalized spacial score (nSPS) is 19.2. The van der Waals surface area contributed by atoms with Crippen LogP contribution < -0.4 is 10.1 Å². The van der Waals surface area contributed by atoms with Gasteiger partial charge >= 0.3 is 23.9 Å². The SMILES string of the molecule is O=C(O)CCc1ccc(OCC(O)CC2CN(CC(=O)O)CCN(CC(=O)O)CCNCCN2CC(=O)O)cc1. The molecule has 1 fully saturated rings. The average molecular weight is 569 g/mol. The Morgan fingerprint density at radius 1 is 0.825 bits per heavy atom.